The Morgan fingerprint density at radius 1 is 0.762 bits per heavy atom. The fourth-order valence-corrected chi connectivity index (χ4v) is 1.11. The molecule has 0 aliphatic heterocycles. The largest absolute Gasteiger partial charge is 0.459 e. The summed E-state index contributed by atoms with van der Waals surface area (Å²) >= 11 is 0. The minimum Gasteiger partial charge on any atom is -0.336 e. The topological polar surface area (TPSA) is 9.23 Å². The third-order valence-electron chi connectivity index (χ3n) is 2.20. The van der Waals surface area contributed by atoms with E-state index in [9.17, 15) is 52.7 Å². The molecule has 0 aliphatic carbocycles. The van der Waals surface area contributed by atoms with Crippen LogP contribution in [0.5, 0.6) is 0 Å². The maximum atomic E-state index is 13.4. The van der Waals surface area contributed by atoms with Gasteiger partial charge in [0.05, 0.1) is 0 Å². The molecule has 1 unspecified atom stereocenters. The first kappa shape index (κ1) is 20.1. The first-order valence-corrected chi connectivity index (χ1v) is 4.81. The minimum absolute atomic E-state index is 0.414. The number of rotatable bonds is 6. The highest BCUT2D eigenvalue weighted by Crippen LogP contribution is 2.58. The van der Waals surface area contributed by atoms with Gasteiger partial charge in [-0.05, 0) is 6.92 Å². The molecule has 0 rings (SSSR count). The Balaban J connectivity index is 6.24. The van der Waals surface area contributed by atoms with Crippen LogP contribution in [0.15, 0.2) is 0 Å². The molecule has 0 spiro atoms. The molecule has 0 fully saturated rings. The SMILES string of the molecule is CCOC(F)(C(F)(F)C(F)(F)F)C(F)(F)C(F)(F)C(F)F. The van der Waals surface area contributed by atoms with Crippen LogP contribution in [-0.2, 0) is 4.74 Å². The average Bonchev–Trinajstić information content (AvgIpc) is 2.26. The van der Waals surface area contributed by atoms with E-state index in [1.54, 1.807) is 0 Å². The lowest BCUT2D eigenvalue weighted by Gasteiger charge is -2.41. The van der Waals surface area contributed by atoms with E-state index in [1.165, 1.54) is 0 Å². The van der Waals surface area contributed by atoms with Gasteiger partial charge in [-0.25, -0.2) is 8.78 Å². The van der Waals surface area contributed by atoms with Gasteiger partial charge in [0.15, 0.2) is 0 Å². The number of alkyl halides is 12. The second-order valence-electron chi connectivity index (χ2n) is 3.60. The van der Waals surface area contributed by atoms with E-state index < -0.39 is 42.8 Å². The summed E-state index contributed by atoms with van der Waals surface area (Å²) in [6.45, 7) is -1.24. The van der Waals surface area contributed by atoms with Gasteiger partial charge in [-0.1, -0.05) is 0 Å². The molecule has 0 N–H and O–H groups in total. The van der Waals surface area contributed by atoms with E-state index in [2.05, 4.69) is 4.74 Å². The van der Waals surface area contributed by atoms with Crippen LogP contribution in [-0.4, -0.2) is 42.8 Å². The third-order valence-corrected chi connectivity index (χ3v) is 2.20. The maximum Gasteiger partial charge on any atom is 0.459 e. The van der Waals surface area contributed by atoms with Crippen LogP contribution in [0.1, 0.15) is 6.92 Å². The first-order valence-electron chi connectivity index (χ1n) is 4.81. The van der Waals surface area contributed by atoms with Crippen LogP contribution in [0, 0.1) is 0 Å². The normalized spacial score (nSPS) is 18.0. The van der Waals surface area contributed by atoms with Crippen molar-refractivity contribution >= 4 is 0 Å². The van der Waals surface area contributed by atoms with Crippen molar-refractivity contribution in [2.45, 2.75) is 43.1 Å². The second-order valence-corrected chi connectivity index (χ2v) is 3.60. The van der Waals surface area contributed by atoms with Crippen molar-refractivity contribution in [1.29, 1.82) is 0 Å². The summed E-state index contributed by atoms with van der Waals surface area (Å²) in [4.78, 5) is 0. The van der Waals surface area contributed by atoms with E-state index in [0.29, 0.717) is 6.92 Å². The highest BCUT2D eigenvalue weighted by Gasteiger charge is 2.88. The molecule has 13 heteroatoms. The van der Waals surface area contributed by atoms with Crippen LogP contribution in [0.25, 0.3) is 0 Å². The van der Waals surface area contributed by atoms with Crippen LogP contribution in [0.3, 0.4) is 0 Å². The zero-order chi connectivity index (χ0) is 17.5. The Labute approximate surface area is 108 Å². The van der Waals surface area contributed by atoms with Gasteiger partial charge >= 0.3 is 36.2 Å². The highest BCUT2D eigenvalue weighted by molar-refractivity contribution is 5.07. The van der Waals surface area contributed by atoms with Crippen molar-refractivity contribution in [2.24, 2.45) is 0 Å². The van der Waals surface area contributed by atoms with Gasteiger partial charge in [-0.2, -0.15) is 43.9 Å². The maximum absolute atomic E-state index is 13.4. The van der Waals surface area contributed by atoms with Crippen molar-refractivity contribution in [3.63, 3.8) is 0 Å². The number of halogens is 12. The lowest BCUT2D eigenvalue weighted by atomic mass is 9.96. The first-order chi connectivity index (χ1) is 9.00. The van der Waals surface area contributed by atoms with Crippen molar-refractivity contribution in [3.8, 4) is 0 Å². The lowest BCUT2D eigenvalue weighted by molar-refractivity contribution is -0.458. The zero-order valence-electron chi connectivity index (χ0n) is 9.73. The molecule has 0 radical (unpaired) electrons. The van der Waals surface area contributed by atoms with E-state index in [-0.39, 0.29) is 0 Å². The van der Waals surface area contributed by atoms with Gasteiger partial charge in [0, 0.05) is 6.61 Å². The summed E-state index contributed by atoms with van der Waals surface area (Å²) in [6, 6.07) is 0. The summed E-state index contributed by atoms with van der Waals surface area (Å²) in [7, 11) is 0. The Morgan fingerprint density at radius 3 is 1.38 bits per heavy atom. The summed E-state index contributed by atoms with van der Waals surface area (Å²) < 4.78 is 152. The van der Waals surface area contributed by atoms with E-state index in [4.69, 9.17) is 0 Å². The second kappa shape index (κ2) is 5.39. The van der Waals surface area contributed by atoms with Gasteiger partial charge < -0.3 is 4.74 Å². The molecular formula is C8H6F12O. The smallest absolute Gasteiger partial charge is 0.336 e. The van der Waals surface area contributed by atoms with E-state index >= 15 is 0 Å². The molecule has 0 saturated heterocycles. The molecule has 0 aromatic carbocycles. The standard InChI is InChI=1S/C8H6F12O/c1-2-21-7(17,6(15,16)8(18,19)20)5(13,14)4(11,12)3(9)10/h3H,2H2,1H3. The van der Waals surface area contributed by atoms with E-state index in [1.807, 2.05) is 0 Å². The third kappa shape index (κ3) is 2.75. The van der Waals surface area contributed by atoms with Gasteiger partial charge in [0.25, 0.3) is 0 Å². The number of hydrogen-bond donors (Lipinski definition) is 0. The zero-order valence-corrected chi connectivity index (χ0v) is 9.73. The fourth-order valence-electron chi connectivity index (χ4n) is 1.11. The Bertz CT molecular complexity index is 361. The number of ether oxygens (including phenoxy) is 1. The molecule has 21 heavy (non-hydrogen) atoms. The summed E-state index contributed by atoms with van der Waals surface area (Å²) in [5, 5.41) is 0. The van der Waals surface area contributed by atoms with Crippen molar-refractivity contribution in [2.75, 3.05) is 6.61 Å². The van der Waals surface area contributed by atoms with Gasteiger partial charge in [-0.15, -0.1) is 0 Å². The molecule has 0 aromatic heterocycles. The average molecular weight is 346 g/mol. The molecule has 1 atom stereocenters. The molecule has 0 aliphatic rings. The van der Waals surface area contributed by atoms with Crippen molar-refractivity contribution < 1.29 is 57.4 Å². The fraction of sp³-hybridized carbons (Fsp3) is 1.00. The highest BCUT2D eigenvalue weighted by atomic mass is 19.4. The lowest BCUT2D eigenvalue weighted by Crippen LogP contribution is -2.71. The Kier molecular flexibility index (Phi) is 5.17. The van der Waals surface area contributed by atoms with E-state index in [0.717, 1.165) is 0 Å². The molecule has 0 heterocycles. The molecule has 0 aromatic rings. The summed E-state index contributed by atoms with van der Waals surface area (Å²) in [5.74, 6) is -27.9. The van der Waals surface area contributed by atoms with Crippen LogP contribution in [0.4, 0.5) is 52.7 Å². The molecule has 0 bridgehead atoms. The monoisotopic (exact) mass is 346 g/mol. The number of hydrogen-bond acceptors (Lipinski definition) is 1. The minimum atomic E-state index is -7.18. The molecule has 0 saturated carbocycles. The van der Waals surface area contributed by atoms with Gasteiger partial charge in [0.1, 0.15) is 0 Å². The van der Waals surface area contributed by atoms with Crippen LogP contribution < -0.4 is 0 Å². The van der Waals surface area contributed by atoms with Crippen molar-refractivity contribution in [1.82, 2.24) is 0 Å². The van der Waals surface area contributed by atoms with Gasteiger partial charge in [-0.3, -0.25) is 0 Å². The summed E-state index contributed by atoms with van der Waals surface area (Å²) in [5.41, 5.74) is 0. The molecule has 0 amide bonds. The summed E-state index contributed by atoms with van der Waals surface area (Å²) in [6.07, 6.45) is -12.5. The van der Waals surface area contributed by atoms with Crippen LogP contribution in [0.2, 0.25) is 0 Å². The predicted octanol–water partition coefficient (Wildman–Crippen LogP) is 4.42. The Morgan fingerprint density at radius 2 is 1.14 bits per heavy atom. The Hall–Kier alpha value is -0.880. The quantitative estimate of drug-likeness (QED) is 0.647. The predicted molar refractivity (Wildman–Crippen MR) is 42.4 cm³/mol. The molecule has 1 nitrogen and oxygen atoms in total. The van der Waals surface area contributed by atoms with Crippen LogP contribution >= 0.6 is 0 Å². The molecule has 128 valence electrons. The molecular weight excluding hydrogens is 340 g/mol. The van der Waals surface area contributed by atoms with Crippen molar-refractivity contribution in [3.05, 3.63) is 0 Å². The van der Waals surface area contributed by atoms with Gasteiger partial charge in [0.2, 0.25) is 0 Å².